The van der Waals surface area contributed by atoms with Crippen LogP contribution in [-0.2, 0) is 16.0 Å². The monoisotopic (exact) mass is 315 g/mol. The van der Waals surface area contributed by atoms with Gasteiger partial charge in [0.05, 0.1) is 6.42 Å². The fourth-order valence-corrected chi connectivity index (χ4v) is 3.27. The van der Waals surface area contributed by atoms with E-state index >= 15 is 0 Å². The zero-order valence-electron chi connectivity index (χ0n) is 13.2. The predicted octanol–water partition coefficient (Wildman–Crippen LogP) is 1.82. The number of aryl methyl sites for hydroxylation is 1. The van der Waals surface area contributed by atoms with E-state index in [4.69, 9.17) is 0 Å². The molecule has 3 rings (SSSR count). The van der Waals surface area contributed by atoms with Gasteiger partial charge in [0.2, 0.25) is 5.91 Å². The molecule has 23 heavy (non-hydrogen) atoms. The number of amides is 4. The van der Waals surface area contributed by atoms with E-state index in [9.17, 15) is 14.4 Å². The molecule has 1 heterocycles. The van der Waals surface area contributed by atoms with Crippen molar-refractivity contribution in [1.29, 1.82) is 0 Å². The van der Waals surface area contributed by atoms with Crippen molar-refractivity contribution in [2.75, 3.05) is 0 Å². The summed E-state index contributed by atoms with van der Waals surface area (Å²) in [4.78, 5) is 36.8. The number of rotatable bonds is 3. The van der Waals surface area contributed by atoms with Crippen molar-refractivity contribution < 1.29 is 14.4 Å². The third-order valence-corrected chi connectivity index (χ3v) is 4.59. The molecule has 1 aromatic carbocycles. The second-order valence-corrected chi connectivity index (χ2v) is 6.41. The van der Waals surface area contributed by atoms with Gasteiger partial charge in [0.15, 0.2) is 0 Å². The van der Waals surface area contributed by atoms with Crippen LogP contribution in [0.2, 0.25) is 0 Å². The van der Waals surface area contributed by atoms with Crippen LogP contribution in [0.5, 0.6) is 0 Å². The molecule has 0 unspecified atom stereocenters. The molecule has 122 valence electrons. The second kappa shape index (κ2) is 6.02. The summed E-state index contributed by atoms with van der Waals surface area (Å²) in [7, 11) is 0. The van der Waals surface area contributed by atoms with Gasteiger partial charge in [-0.1, -0.05) is 49.1 Å². The lowest BCUT2D eigenvalue weighted by molar-refractivity contribution is -0.139. The average molecular weight is 315 g/mol. The Morgan fingerprint density at radius 3 is 2.48 bits per heavy atom. The van der Waals surface area contributed by atoms with Crippen LogP contribution in [0.4, 0.5) is 4.79 Å². The maximum absolute atomic E-state index is 12.6. The van der Waals surface area contributed by atoms with E-state index in [0.717, 1.165) is 35.4 Å². The highest BCUT2D eigenvalue weighted by atomic mass is 16.2. The standard InChI is InChI=1S/C17H21N3O3/c1-12-5-7-13(8-6-12)11-14(21)19-20-15(22)17(18-16(20)23)9-3-2-4-10-17/h5-8H,2-4,9-11H2,1H3,(H,18,23)(H,19,21). The number of carbonyl (C=O) groups is 3. The van der Waals surface area contributed by atoms with Crippen LogP contribution in [0.15, 0.2) is 24.3 Å². The van der Waals surface area contributed by atoms with Crippen molar-refractivity contribution >= 4 is 17.8 Å². The summed E-state index contributed by atoms with van der Waals surface area (Å²) >= 11 is 0. The maximum Gasteiger partial charge on any atom is 0.344 e. The lowest BCUT2D eigenvalue weighted by atomic mass is 9.82. The van der Waals surface area contributed by atoms with Gasteiger partial charge in [0.1, 0.15) is 5.54 Å². The van der Waals surface area contributed by atoms with Gasteiger partial charge in [-0.25, -0.2) is 4.79 Å². The molecule has 0 aromatic heterocycles. The van der Waals surface area contributed by atoms with Gasteiger partial charge in [-0.05, 0) is 25.3 Å². The molecule has 1 saturated heterocycles. The van der Waals surface area contributed by atoms with E-state index in [1.165, 1.54) is 0 Å². The fourth-order valence-electron chi connectivity index (χ4n) is 3.27. The molecule has 6 heteroatoms. The zero-order valence-corrected chi connectivity index (χ0v) is 13.2. The van der Waals surface area contributed by atoms with Gasteiger partial charge in [0, 0.05) is 0 Å². The molecule has 0 bridgehead atoms. The van der Waals surface area contributed by atoms with E-state index in [1.807, 2.05) is 31.2 Å². The quantitative estimate of drug-likeness (QED) is 0.835. The van der Waals surface area contributed by atoms with Crippen LogP contribution >= 0.6 is 0 Å². The molecular weight excluding hydrogens is 294 g/mol. The van der Waals surface area contributed by atoms with E-state index < -0.39 is 11.6 Å². The Morgan fingerprint density at radius 1 is 1.17 bits per heavy atom. The van der Waals surface area contributed by atoms with Gasteiger partial charge in [-0.2, -0.15) is 5.01 Å². The first-order chi connectivity index (χ1) is 11.0. The number of hydrogen-bond donors (Lipinski definition) is 2. The van der Waals surface area contributed by atoms with Crippen molar-refractivity contribution in [2.24, 2.45) is 0 Å². The summed E-state index contributed by atoms with van der Waals surface area (Å²) in [6.07, 6.45) is 4.31. The lowest BCUT2D eigenvalue weighted by Gasteiger charge is -2.30. The molecule has 2 fully saturated rings. The molecule has 2 aliphatic rings. The molecular formula is C17H21N3O3. The minimum atomic E-state index is -0.813. The molecule has 1 aliphatic carbocycles. The summed E-state index contributed by atoms with van der Waals surface area (Å²) in [6, 6.07) is 7.04. The summed E-state index contributed by atoms with van der Waals surface area (Å²) in [5, 5.41) is 3.62. The van der Waals surface area contributed by atoms with Crippen molar-refractivity contribution in [3.63, 3.8) is 0 Å². The number of nitrogens with zero attached hydrogens (tertiary/aromatic N) is 1. The SMILES string of the molecule is Cc1ccc(CC(=O)NN2C(=O)NC3(CCCCC3)C2=O)cc1. The smallest absolute Gasteiger partial charge is 0.322 e. The first-order valence-corrected chi connectivity index (χ1v) is 8.02. The molecule has 1 spiro atoms. The number of imide groups is 1. The molecule has 0 radical (unpaired) electrons. The highest BCUT2D eigenvalue weighted by Gasteiger charge is 2.52. The highest BCUT2D eigenvalue weighted by molar-refractivity contribution is 6.08. The summed E-state index contributed by atoms with van der Waals surface area (Å²) in [5.74, 6) is -0.704. The maximum atomic E-state index is 12.6. The van der Waals surface area contributed by atoms with E-state index in [1.54, 1.807) is 0 Å². The Labute approximate surface area is 135 Å². The lowest BCUT2D eigenvalue weighted by Crippen LogP contribution is -2.51. The Bertz CT molecular complexity index is 633. The van der Waals surface area contributed by atoms with Crippen molar-refractivity contribution in [1.82, 2.24) is 15.8 Å². The Hall–Kier alpha value is -2.37. The number of hydrazine groups is 1. The molecule has 4 amide bonds. The van der Waals surface area contributed by atoms with E-state index in [-0.39, 0.29) is 18.2 Å². The third-order valence-electron chi connectivity index (χ3n) is 4.59. The van der Waals surface area contributed by atoms with Crippen molar-refractivity contribution in [3.05, 3.63) is 35.4 Å². The van der Waals surface area contributed by atoms with Crippen LogP contribution in [0.25, 0.3) is 0 Å². The van der Waals surface area contributed by atoms with E-state index in [0.29, 0.717) is 12.8 Å². The number of carbonyl (C=O) groups excluding carboxylic acids is 3. The van der Waals surface area contributed by atoms with Crippen molar-refractivity contribution in [2.45, 2.75) is 51.0 Å². The van der Waals surface area contributed by atoms with Crippen LogP contribution in [0.1, 0.15) is 43.2 Å². The van der Waals surface area contributed by atoms with Gasteiger partial charge >= 0.3 is 6.03 Å². The topological polar surface area (TPSA) is 78.5 Å². The average Bonchev–Trinajstić information content (AvgIpc) is 2.75. The minimum absolute atomic E-state index is 0.129. The largest absolute Gasteiger partial charge is 0.344 e. The highest BCUT2D eigenvalue weighted by Crippen LogP contribution is 2.32. The molecule has 0 atom stereocenters. The van der Waals surface area contributed by atoms with Crippen LogP contribution < -0.4 is 10.7 Å². The zero-order chi connectivity index (χ0) is 16.4. The number of benzene rings is 1. The summed E-state index contributed by atoms with van der Waals surface area (Å²) in [6.45, 7) is 1.97. The van der Waals surface area contributed by atoms with Gasteiger partial charge in [-0.15, -0.1) is 0 Å². The molecule has 1 aromatic rings. The number of urea groups is 1. The Morgan fingerprint density at radius 2 is 1.83 bits per heavy atom. The Kier molecular flexibility index (Phi) is 4.07. The number of hydrogen-bond acceptors (Lipinski definition) is 3. The first kappa shape index (κ1) is 15.5. The molecule has 1 aliphatic heterocycles. The van der Waals surface area contributed by atoms with Crippen LogP contribution in [-0.4, -0.2) is 28.4 Å². The van der Waals surface area contributed by atoms with Gasteiger partial charge in [0.25, 0.3) is 5.91 Å². The summed E-state index contributed by atoms with van der Waals surface area (Å²) in [5.41, 5.74) is 3.59. The third kappa shape index (κ3) is 3.06. The predicted molar refractivity (Wildman–Crippen MR) is 84.2 cm³/mol. The first-order valence-electron chi connectivity index (χ1n) is 8.02. The fraction of sp³-hybridized carbons (Fsp3) is 0.471. The Balaban J connectivity index is 1.65. The summed E-state index contributed by atoms with van der Waals surface area (Å²) < 4.78 is 0. The second-order valence-electron chi connectivity index (χ2n) is 6.41. The van der Waals surface area contributed by atoms with Gasteiger partial charge in [-0.3, -0.25) is 15.0 Å². The van der Waals surface area contributed by atoms with Crippen molar-refractivity contribution in [3.8, 4) is 0 Å². The van der Waals surface area contributed by atoms with Gasteiger partial charge < -0.3 is 5.32 Å². The molecule has 2 N–H and O–H groups in total. The minimum Gasteiger partial charge on any atom is -0.322 e. The molecule has 1 saturated carbocycles. The van der Waals surface area contributed by atoms with E-state index in [2.05, 4.69) is 10.7 Å². The molecule has 6 nitrogen and oxygen atoms in total. The van der Waals surface area contributed by atoms with Crippen LogP contribution in [0.3, 0.4) is 0 Å². The normalized spacial score (nSPS) is 19.8. The van der Waals surface area contributed by atoms with Crippen LogP contribution in [0, 0.1) is 6.92 Å². The number of nitrogens with one attached hydrogen (secondary N) is 2.